The Labute approximate surface area is 141 Å². The second kappa shape index (κ2) is 6.67. The highest BCUT2D eigenvalue weighted by molar-refractivity contribution is 5.93. The normalized spacial score (nSPS) is 21.9. The van der Waals surface area contributed by atoms with Crippen molar-refractivity contribution in [2.24, 2.45) is 5.92 Å². The number of hydrogen-bond acceptors (Lipinski definition) is 3. The molecule has 1 saturated carbocycles. The Hall–Kier alpha value is -1.69. The van der Waals surface area contributed by atoms with Crippen LogP contribution >= 0.6 is 0 Å². The number of alkyl halides is 2. The van der Waals surface area contributed by atoms with Gasteiger partial charge in [0.1, 0.15) is 0 Å². The van der Waals surface area contributed by atoms with Gasteiger partial charge in [0.25, 0.3) is 0 Å². The predicted molar refractivity (Wildman–Crippen MR) is 91.6 cm³/mol. The highest BCUT2D eigenvalue weighted by atomic mass is 19.3. The summed E-state index contributed by atoms with van der Waals surface area (Å²) >= 11 is 0. The standard InChI is InChI=1S/C18H25F2N3O/c1-22-9-10-23(2)16-11-15(4-3-14(16)12-22)21-17(24)13-5-7-18(19,20)8-6-13/h3-4,11,13H,5-10,12H2,1-2H3,(H,21,24). The molecule has 1 heterocycles. The van der Waals surface area contributed by atoms with E-state index in [4.69, 9.17) is 0 Å². The van der Waals surface area contributed by atoms with Crippen molar-refractivity contribution in [1.29, 1.82) is 0 Å². The summed E-state index contributed by atoms with van der Waals surface area (Å²) < 4.78 is 26.5. The fourth-order valence-corrected chi connectivity index (χ4v) is 3.49. The third-order valence-electron chi connectivity index (χ3n) is 5.11. The molecular weight excluding hydrogens is 312 g/mol. The van der Waals surface area contributed by atoms with Gasteiger partial charge in [0.15, 0.2) is 0 Å². The van der Waals surface area contributed by atoms with Crippen molar-refractivity contribution < 1.29 is 13.6 Å². The van der Waals surface area contributed by atoms with Crippen LogP contribution in [-0.4, -0.2) is 43.9 Å². The van der Waals surface area contributed by atoms with Gasteiger partial charge < -0.3 is 15.1 Å². The molecule has 1 aromatic rings. The molecule has 4 nitrogen and oxygen atoms in total. The minimum absolute atomic E-state index is 0.140. The van der Waals surface area contributed by atoms with Gasteiger partial charge in [-0.25, -0.2) is 8.78 Å². The van der Waals surface area contributed by atoms with Crippen LogP contribution in [0.2, 0.25) is 0 Å². The van der Waals surface area contributed by atoms with E-state index in [1.54, 1.807) is 0 Å². The van der Waals surface area contributed by atoms with E-state index in [0.717, 1.165) is 31.0 Å². The highest BCUT2D eigenvalue weighted by Gasteiger charge is 2.37. The van der Waals surface area contributed by atoms with Crippen molar-refractivity contribution in [3.63, 3.8) is 0 Å². The molecular formula is C18H25F2N3O. The van der Waals surface area contributed by atoms with Crippen LogP contribution in [0.1, 0.15) is 31.2 Å². The molecule has 0 bridgehead atoms. The topological polar surface area (TPSA) is 35.6 Å². The fraction of sp³-hybridized carbons (Fsp3) is 0.611. The Morgan fingerprint density at radius 1 is 1.21 bits per heavy atom. The Morgan fingerprint density at radius 2 is 1.92 bits per heavy atom. The zero-order chi connectivity index (χ0) is 17.3. The number of nitrogens with one attached hydrogen (secondary N) is 1. The number of amides is 1. The number of rotatable bonds is 2. The minimum atomic E-state index is -2.60. The molecule has 1 amide bonds. The Morgan fingerprint density at radius 3 is 2.62 bits per heavy atom. The lowest BCUT2D eigenvalue weighted by Gasteiger charge is -2.27. The van der Waals surface area contributed by atoms with E-state index >= 15 is 0 Å². The maximum Gasteiger partial charge on any atom is 0.248 e. The van der Waals surface area contributed by atoms with Crippen LogP contribution in [-0.2, 0) is 11.3 Å². The number of hydrogen-bond donors (Lipinski definition) is 1. The summed E-state index contributed by atoms with van der Waals surface area (Å²) in [4.78, 5) is 16.8. The molecule has 0 spiro atoms. The molecule has 2 aliphatic rings. The third-order valence-corrected chi connectivity index (χ3v) is 5.11. The molecule has 0 radical (unpaired) electrons. The van der Waals surface area contributed by atoms with Crippen LogP contribution in [0.4, 0.5) is 20.2 Å². The van der Waals surface area contributed by atoms with Gasteiger partial charge in [-0.3, -0.25) is 4.79 Å². The van der Waals surface area contributed by atoms with Gasteiger partial charge in [-0.1, -0.05) is 6.07 Å². The summed E-state index contributed by atoms with van der Waals surface area (Å²) in [6, 6.07) is 5.93. The smallest absolute Gasteiger partial charge is 0.248 e. The number of carbonyl (C=O) groups excluding carboxylic acids is 1. The second-order valence-corrected chi connectivity index (χ2v) is 7.12. The molecule has 0 atom stereocenters. The molecule has 1 N–H and O–H groups in total. The van der Waals surface area contributed by atoms with E-state index in [2.05, 4.69) is 22.2 Å². The van der Waals surface area contributed by atoms with Gasteiger partial charge in [0, 0.05) is 56.8 Å². The van der Waals surface area contributed by atoms with Gasteiger partial charge in [0.05, 0.1) is 0 Å². The lowest BCUT2D eigenvalue weighted by atomic mass is 9.86. The molecule has 1 fully saturated rings. The average molecular weight is 337 g/mol. The van der Waals surface area contributed by atoms with Crippen molar-refractivity contribution in [1.82, 2.24) is 4.90 Å². The zero-order valence-electron chi connectivity index (χ0n) is 14.3. The molecule has 1 aliphatic heterocycles. The first-order valence-corrected chi connectivity index (χ1v) is 8.55. The molecule has 0 saturated heterocycles. The van der Waals surface area contributed by atoms with Crippen molar-refractivity contribution in [3.05, 3.63) is 23.8 Å². The van der Waals surface area contributed by atoms with Crippen LogP contribution in [0, 0.1) is 5.92 Å². The Kier molecular flexibility index (Phi) is 4.76. The largest absolute Gasteiger partial charge is 0.373 e. The van der Waals surface area contributed by atoms with Crippen molar-refractivity contribution in [2.45, 2.75) is 38.2 Å². The number of benzene rings is 1. The number of likely N-dealkylation sites (N-methyl/N-ethyl adjacent to an activating group) is 2. The van der Waals surface area contributed by atoms with E-state index in [9.17, 15) is 13.6 Å². The second-order valence-electron chi connectivity index (χ2n) is 7.12. The Bertz CT molecular complexity index is 610. The first-order valence-electron chi connectivity index (χ1n) is 8.55. The summed E-state index contributed by atoms with van der Waals surface area (Å²) in [5, 5.41) is 2.92. The summed E-state index contributed by atoms with van der Waals surface area (Å²) in [5.41, 5.74) is 3.09. The molecule has 24 heavy (non-hydrogen) atoms. The fourth-order valence-electron chi connectivity index (χ4n) is 3.49. The van der Waals surface area contributed by atoms with Crippen molar-refractivity contribution >= 4 is 17.3 Å². The molecule has 0 unspecified atom stereocenters. The van der Waals surface area contributed by atoms with Crippen molar-refractivity contribution in [2.75, 3.05) is 37.4 Å². The van der Waals surface area contributed by atoms with Gasteiger partial charge in [0.2, 0.25) is 11.8 Å². The molecule has 6 heteroatoms. The summed E-state index contributed by atoms with van der Waals surface area (Å²) in [6.07, 6.45) is 0.137. The molecule has 1 aliphatic carbocycles. The van der Waals surface area contributed by atoms with Crippen LogP contribution in [0.3, 0.4) is 0 Å². The lowest BCUT2D eigenvalue weighted by molar-refractivity contribution is -0.124. The van der Waals surface area contributed by atoms with E-state index < -0.39 is 5.92 Å². The zero-order valence-corrected chi connectivity index (χ0v) is 14.3. The van der Waals surface area contributed by atoms with Gasteiger partial charge in [-0.15, -0.1) is 0 Å². The van der Waals surface area contributed by atoms with Crippen molar-refractivity contribution in [3.8, 4) is 0 Å². The monoisotopic (exact) mass is 337 g/mol. The van der Waals surface area contributed by atoms with E-state index in [1.165, 1.54) is 5.56 Å². The van der Waals surface area contributed by atoms with Gasteiger partial charge in [-0.05, 0) is 37.6 Å². The number of anilines is 2. The van der Waals surface area contributed by atoms with Crippen LogP contribution in [0.25, 0.3) is 0 Å². The average Bonchev–Trinajstić information content (AvgIpc) is 2.66. The van der Waals surface area contributed by atoms with Gasteiger partial charge >= 0.3 is 0 Å². The van der Waals surface area contributed by atoms with E-state index in [-0.39, 0.29) is 37.5 Å². The molecule has 0 aromatic heterocycles. The SMILES string of the molecule is CN1CCN(C)c2cc(NC(=O)C3CCC(F)(F)CC3)ccc2C1. The van der Waals surface area contributed by atoms with E-state index in [1.807, 2.05) is 25.2 Å². The maximum absolute atomic E-state index is 13.2. The predicted octanol–water partition coefficient (Wildman–Crippen LogP) is 3.33. The summed E-state index contributed by atoms with van der Waals surface area (Å²) in [6.45, 7) is 2.80. The third kappa shape index (κ3) is 3.86. The number of halogens is 2. The lowest BCUT2D eigenvalue weighted by Crippen LogP contribution is -2.31. The molecule has 132 valence electrons. The van der Waals surface area contributed by atoms with Gasteiger partial charge in [-0.2, -0.15) is 0 Å². The number of carbonyl (C=O) groups is 1. The molecule has 3 rings (SSSR count). The minimum Gasteiger partial charge on any atom is -0.373 e. The summed E-state index contributed by atoms with van der Waals surface area (Å²) in [7, 11) is 4.14. The molecule has 1 aromatic carbocycles. The first kappa shape index (κ1) is 17.1. The number of fused-ring (bicyclic) bond motifs is 1. The van der Waals surface area contributed by atoms with Crippen LogP contribution < -0.4 is 10.2 Å². The van der Waals surface area contributed by atoms with Crippen LogP contribution in [0.5, 0.6) is 0 Å². The Balaban J connectivity index is 1.69. The number of nitrogens with zero attached hydrogens (tertiary/aromatic N) is 2. The quantitative estimate of drug-likeness (QED) is 0.899. The summed E-state index contributed by atoms with van der Waals surface area (Å²) in [5.74, 6) is -3.05. The highest BCUT2D eigenvalue weighted by Crippen LogP contribution is 2.36. The maximum atomic E-state index is 13.2. The van der Waals surface area contributed by atoms with E-state index in [0.29, 0.717) is 0 Å². The van der Waals surface area contributed by atoms with Crippen LogP contribution in [0.15, 0.2) is 18.2 Å². The first-order chi connectivity index (χ1) is 11.3.